The maximum Gasteiger partial charge on any atom is 0.517 e. The third-order valence-corrected chi connectivity index (χ3v) is 4.44. The second-order valence-electron chi connectivity index (χ2n) is 5.45. The number of hydrogen-bond acceptors (Lipinski definition) is 5. The highest BCUT2D eigenvalue weighted by molar-refractivity contribution is 14.1. The molecule has 1 heterocycles. The van der Waals surface area contributed by atoms with E-state index in [1.54, 1.807) is 13.8 Å². The van der Waals surface area contributed by atoms with Gasteiger partial charge >= 0.3 is 12.2 Å². The van der Waals surface area contributed by atoms with E-state index in [0.29, 0.717) is 6.42 Å². The van der Waals surface area contributed by atoms with Crippen molar-refractivity contribution in [1.82, 2.24) is 4.98 Å². The van der Waals surface area contributed by atoms with Gasteiger partial charge in [0.2, 0.25) is 0 Å². The zero-order chi connectivity index (χ0) is 17.2. The van der Waals surface area contributed by atoms with Crippen LogP contribution in [0.1, 0.15) is 19.5 Å². The smallest absolute Gasteiger partial charge is 0.427 e. The number of halogens is 2. The van der Waals surface area contributed by atoms with Crippen LogP contribution in [0.15, 0.2) is 28.9 Å². The molecule has 0 atom stereocenters. The summed E-state index contributed by atoms with van der Waals surface area (Å²) in [6.07, 6.45) is -1.98. The first kappa shape index (κ1) is 17.9. The Balaban J connectivity index is 2.24. The van der Waals surface area contributed by atoms with Crippen LogP contribution in [0.3, 0.4) is 0 Å². The normalized spacial score (nSPS) is 11.3. The Hall–Kier alpha value is -1.42. The van der Waals surface area contributed by atoms with Crippen LogP contribution in [0, 0.1) is 3.57 Å². The van der Waals surface area contributed by atoms with Crippen molar-refractivity contribution in [2.75, 3.05) is 0 Å². The van der Waals surface area contributed by atoms with Gasteiger partial charge in [0.25, 0.3) is 0 Å². The Morgan fingerprint density at radius 2 is 2.09 bits per heavy atom. The molecule has 0 unspecified atom stereocenters. The molecule has 0 bridgehead atoms. The minimum absolute atomic E-state index is 0.348. The van der Waals surface area contributed by atoms with E-state index in [1.807, 2.05) is 24.3 Å². The quantitative estimate of drug-likeness (QED) is 0.300. The van der Waals surface area contributed by atoms with Crippen molar-refractivity contribution in [2.45, 2.75) is 25.9 Å². The van der Waals surface area contributed by atoms with Gasteiger partial charge in [-0.15, -0.1) is 0 Å². The lowest BCUT2D eigenvalue weighted by Crippen LogP contribution is -2.33. The zero-order valence-electron chi connectivity index (χ0n) is 12.4. The van der Waals surface area contributed by atoms with Crippen LogP contribution < -0.4 is 5.73 Å². The number of rotatable bonds is 3. The van der Waals surface area contributed by atoms with Gasteiger partial charge in [-0.05, 0) is 69.9 Å². The van der Waals surface area contributed by atoms with Crippen molar-refractivity contribution >= 4 is 61.5 Å². The van der Waals surface area contributed by atoms with Gasteiger partial charge in [-0.3, -0.25) is 0 Å². The summed E-state index contributed by atoms with van der Waals surface area (Å²) in [6, 6.07) is 7.89. The minimum Gasteiger partial charge on any atom is -0.427 e. The van der Waals surface area contributed by atoms with Crippen LogP contribution in [-0.4, -0.2) is 22.8 Å². The summed E-state index contributed by atoms with van der Waals surface area (Å²) in [6.45, 7) is 3.40. The number of carbonyl (C=O) groups is 2. The Bertz CT molecular complexity index is 779. The molecule has 122 valence electrons. The second kappa shape index (κ2) is 7.00. The standard InChI is InChI=1S/C15H14BrIN2O4/c1-15(2,23-14(21)22-13(18)20)7-9-6-8-4-3-5-10(17)11(8)12(16)19-9/h3-6H,7H2,1-2H3,(H2,18,20). The SMILES string of the molecule is CC(C)(Cc1cc2cccc(I)c2c(Br)n1)OC(=O)OC(N)=O. The molecule has 2 N–H and O–H groups in total. The number of carbonyl (C=O) groups excluding carboxylic acids is 2. The molecule has 2 rings (SSSR count). The molecule has 2 aromatic rings. The second-order valence-corrected chi connectivity index (χ2v) is 7.37. The van der Waals surface area contributed by atoms with Crippen molar-refractivity contribution in [1.29, 1.82) is 0 Å². The van der Waals surface area contributed by atoms with Gasteiger partial charge in [0.15, 0.2) is 0 Å². The lowest BCUT2D eigenvalue weighted by molar-refractivity contribution is 0.0000187. The molecular formula is C15H14BrIN2O4. The largest absolute Gasteiger partial charge is 0.517 e. The fraction of sp³-hybridized carbons (Fsp3) is 0.267. The molecule has 23 heavy (non-hydrogen) atoms. The zero-order valence-corrected chi connectivity index (χ0v) is 16.2. The molecule has 0 aliphatic heterocycles. The average molecular weight is 493 g/mol. The maximum absolute atomic E-state index is 11.4. The van der Waals surface area contributed by atoms with E-state index in [0.717, 1.165) is 24.6 Å². The van der Waals surface area contributed by atoms with E-state index in [1.165, 1.54) is 0 Å². The summed E-state index contributed by atoms with van der Waals surface area (Å²) < 4.78 is 11.1. The van der Waals surface area contributed by atoms with E-state index >= 15 is 0 Å². The number of hydrogen-bond donors (Lipinski definition) is 1. The highest BCUT2D eigenvalue weighted by Crippen LogP contribution is 2.29. The predicted octanol–water partition coefficient (Wildman–Crippen LogP) is 4.15. The number of amides is 1. The van der Waals surface area contributed by atoms with E-state index in [4.69, 9.17) is 10.5 Å². The van der Waals surface area contributed by atoms with Crippen LogP contribution in [0.25, 0.3) is 10.8 Å². The molecule has 1 amide bonds. The topological polar surface area (TPSA) is 91.5 Å². The van der Waals surface area contributed by atoms with Crippen molar-refractivity contribution < 1.29 is 19.1 Å². The first-order chi connectivity index (χ1) is 10.7. The molecule has 0 aliphatic rings. The third-order valence-electron chi connectivity index (χ3n) is 2.97. The molecule has 8 heteroatoms. The summed E-state index contributed by atoms with van der Waals surface area (Å²) in [4.78, 5) is 26.5. The molecule has 0 radical (unpaired) electrons. The predicted molar refractivity (Wildman–Crippen MR) is 97.1 cm³/mol. The van der Waals surface area contributed by atoms with Gasteiger partial charge in [-0.25, -0.2) is 14.6 Å². The fourth-order valence-electron chi connectivity index (χ4n) is 2.16. The molecule has 0 fully saturated rings. The molecule has 1 aromatic heterocycles. The van der Waals surface area contributed by atoms with Crippen LogP contribution in [0.4, 0.5) is 9.59 Å². The van der Waals surface area contributed by atoms with Crippen molar-refractivity contribution in [3.63, 3.8) is 0 Å². The Morgan fingerprint density at radius 1 is 1.39 bits per heavy atom. The first-order valence-corrected chi connectivity index (χ1v) is 8.49. The van der Waals surface area contributed by atoms with E-state index in [-0.39, 0.29) is 0 Å². The number of nitrogens with two attached hydrogens (primary N) is 1. The van der Waals surface area contributed by atoms with Gasteiger partial charge < -0.3 is 15.2 Å². The van der Waals surface area contributed by atoms with Gasteiger partial charge in [-0.2, -0.15) is 0 Å². The monoisotopic (exact) mass is 492 g/mol. The van der Waals surface area contributed by atoms with Gasteiger partial charge in [-0.1, -0.05) is 12.1 Å². The number of fused-ring (bicyclic) bond motifs is 1. The number of ether oxygens (including phenoxy) is 2. The third kappa shape index (κ3) is 4.77. The van der Waals surface area contributed by atoms with Crippen molar-refractivity contribution in [3.05, 3.63) is 38.1 Å². The summed E-state index contributed by atoms with van der Waals surface area (Å²) in [7, 11) is 0. The summed E-state index contributed by atoms with van der Waals surface area (Å²) in [5.41, 5.74) is 4.61. The number of primary amides is 1. The lowest BCUT2D eigenvalue weighted by atomic mass is 10.0. The van der Waals surface area contributed by atoms with Crippen LogP contribution in [0.2, 0.25) is 0 Å². The van der Waals surface area contributed by atoms with Gasteiger partial charge in [0, 0.05) is 21.1 Å². The number of nitrogens with zero attached hydrogens (tertiary/aromatic N) is 1. The summed E-state index contributed by atoms with van der Waals surface area (Å²) in [5.74, 6) is 0. The molecular weight excluding hydrogens is 479 g/mol. The van der Waals surface area contributed by atoms with Gasteiger partial charge in [0.1, 0.15) is 10.2 Å². The summed E-state index contributed by atoms with van der Waals surface area (Å²) in [5, 5.41) is 2.06. The van der Waals surface area contributed by atoms with Crippen molar-refractivity contribution in [3.8, 4) is 0 Å². The van der Waals surface area contributed by atoms with Gasteiger partial charge in [0.05, 0.1) is 0 Å². The van der Waals surface area contributed by atoms with E-state index < -0.39 is 17.8 Å². The minimum atomic E-state index is -1.20. The molecule has 0 aliphatic carbocycles. The van der Waals surface area contributed by atoms with Crippen LogP contribution in [-0.2, 0) is 15.9 Å². The van der Waals surface area contributed by atoms with Crippen LogP contribution in [0.5, 0.6) is 0 Å². The van der Waals surface area contributed by atoms with E-state index in [9.17, 15) is 9.59 Å². The van der Waals surface area contributed by atoms with Crippen molar-refractivity contribution in [2.24, 2.45) is 5.73 Å². The Labute approximate surface area is 155 Å². The summed E-state index contributed by atoms with van der Waals surface area (Å²) >= 11 is 5.73. The maximum atomic E-state index is 11.4. The number of pyridine rings is 1. The van der Waals surface area contributed by atoms with E-state index in [2.05, 4.69) is 48.2 Å². The molecule has 1 aromatic carbocycles. The number of benzene rings is 1. The molecule has 0 saturated heterocycles. The fourth-order valence-corrected chi connectivity index (χ4v) is 3.98. The molecule has 0 saturated carbocycles. The highest BCUT2D eigenvalue weighted by atomic mass is 127. The Morgan fingerprint density at radius 3 is 2.74 bits per heavy atom. The molecule has 6 nitrogen and oxygen atoms in total. The van der Waals surface area contributed by atoms with Crippen LogP contribution >= 0.6 is 38.5 Å². The highest BCUT2D eigenvalue weighted by Gasteiger charge is 2.26. The molecule has 0 spiro atoms. The lowest BCUT2D eigenvalue weighted by Gasteiger charge is -2.24. The number of aromatic nitrogens is 1. The first-order valence-electron chi connectivity index (χ1n) is 6.62. The average Bonchev–Trinajstić information content (AvgIpc) is 2.35. The Kier molecular flexibility index (Phi) is 5.45.